The summed E-state index contributed by atoms with van der Waals surface area (Å²) in [5, 5.41) is 4.44. The number of esters is 1. The van der Waals surface area contributed by atoms with Gasteiger partial charge in [-0.1, -0.05) is 35.0 Å². The second kappa shape index (κ2) is 5.64. The lowest BCUT2D eigenvalue weighted by Gasteiger charge is -1.98. The number of carbonyl (C=O) groups is 1. The van der Waals surface area contributed by atoms with Gasteiger partial charge >= 0.3 is 5.97 Å². The molecule has 1 heterocycles. The number of ether oxygens (including phenoxy) is 1. The molecule has 2 aromatic rings. The highest BCUT2D eigenvalue weighted by Gasteiger charge is 2.12. The van der Waals surface area contributed by atoms with Gasteiger partial charge in [-0.05, 0) is 11.6 Å². The van der Waals surface area contributed by atoms with E-state index in [1.54, 1.807) is 6.07 Å². The van der Waals surface area contributed by atoms with E-state index in [9.17, 15) is 4.79 Å². The van der Waals surface area contributed by atoms with Crippen LogP contribution in [0.3, 0.4) is 0 Å². The highest BCUT2D eigenvalue weighted by molar-refractivity contribution is 6.31. The molecule has 0 aliphatic heterocycles. The second-order valence-electron chi connectivity index (χ2n) is 3.63. The van der Waals surface area contributed by atoms with Gasteiger partial charge < -0.3 is 9.26 Å². The zero-order valence-electron chi connectivity index (χ0n) is 9.72. The van der Waals surface area contributed by atoms with Crippen molar-refractivity contribution in [2.24, 2.45) is 0 Å². The molecule has 0 unspecified atom stereocenters. The quantitative estimate of drug-likeness (QED) is 0.792. The third-order valence-corrected chi connectivity index (χ3v) is 2.71. The molecule has 0 fully saturated rings. The molecule has 2 rings (SSSR count). The Morgan fingerprint density at radius 1 is 1.44 bits per heavy atom. The van der Waals surface area contributed by atoms with Gasteiger partial charge in [0, 0.05) is 11.4 Å². The molecule has 0 saturated heterocycles. The van der Waals surface area contributed by atoms with Crippen LogP contribution in [0.1, 0.15) is 17.3 Å². The summed E-state index contributed by atoms with van der Waals surface area (Å²) in [5.74, 6) is 0.314. The average molecular weight is 267 g/mol. The minimum absolute atomic E-state index is 0.0218. The summed E-state index contributed by atoms with van der Waals surface area (Å²) in [6.45, 7) is 0. The summed E-state index contributed by atoms with van der Waals surface area (Å²) in [7, 11) is 1.31. The van der Waals surface area contributed by atoms with Crippen molar-refractivity contribution < 1.29 is 14.1 Å². The van der Waals surface area contributed by atoms with Crippen molar-refractivity contribution in [2.75, 3.05) is 7.11 Å². The van der Waals surface area contributed by atoms with Gasteiger partial charge in [0.05, 0.1) is 7.11 Å². The largest absolute Gasteiger partial charge is 0.469 e. The normalized spacial score (nSPS) is 10.3. The first-order chi connectivity index (χ1) is 8.69. The molecule has 1 aromatic heterocycles. The Morgan fingerprint density at radius 3 is 2.94 bits per heavy atom. The number of hydrogen-bond acceptors (Lipinski definition) is 5. The Bertz CT molecular complexity index is 554. The molecule has 6 heteroatoms. The van der Waals surface area contributed by atoms with Crippen molar-refractivity contribution in [1.82, 2.24) is 10.1 Å². The fourth-order valence-electron chi connectivity index (χ4n) is 1.44. The van der Waals surface area contributed by atoms with Crippen LogP contribution in [0.25, 0.3) is 0 Å². The fourth-order valence-corrected chi connectivity index (χ4v) is 1.64. The third kappa shape index (κ3) is 3.07. The lowest BCUT2D eigenvalue weighted by molar-refractivity contribution is -0.140. The van der Waals surface area contributed by atoms with Gasteiger partial charge in [0.2, 0.25) is 5.89 Å². The molecule has 5 nitrogen and oxygen atoms in total. The molecule has 0 spiro atoms. The fraction of sp³-hybridized carbons (Fsp3) is 0.250. The van der Waals surface area contributed by atoms with Crippen LogP contribution < -0.4 is 0 Å². The Hall–Kier alpha value is -1.88. The lowest BCUT2D eigenvalue weighted by atomic mass is 10.1. The standard InChI is InChI=1S/C12H11ClN2O3/c1-17-12(16)7-11-14-10(15-18-11)6-8-4-2-3-5-9(8)13/h2-5H,6-7H2,1H3. The average Bonchev–Trinajstić information content (AvgIpc) is 2.79. The summed E-state index contributed by atoms with van der Waals surface area (Å²) >= 11 is 6.03. The molecular weight excluding hydrogens is 256 g/mol. The highest BCUT2D eigenvalue weighted by Crippen LogP contribution is 2.17. The number of hydrogen-bond donors (Lipinski definition) is 0. The minimum Gasteiger partial charge on any atom is -0.469 e. The zero-order valence-corrected chi connectivity index (χ0v) is 10.5. The monoisotopic (exact) mass is 266 g/mol. The van der Waals surface area contributed by atoms with Crippen LogP contribution in [-0.2, 0) is 22.4 Å². The molecule has 0 atom stereocenters. The first kappa shape index (κ1) is 12.6. The van der Waals surface area contributed by atoms with Crippen molar-refractivity contribution in [1.29, 1.82) is 0 Å². The highest BCUT2D eigenvalue weighted by atomic mass is 35.5. The van der Waals surface area contributed by atoms with E-state index in [-0.39, 0.29) is 12.3 Å². The molecule has 0 radical (unpaired) electrons. The van der Waals surface area contributed by atoms with Crippen LogP contribution in [0.4, 0.5) is 0 Å². The molecule has 0 N–H and O–H groups in total. The van der Waals surface area contributed by atoms with Gasteiger partial charge in [-0.15, -0.1) is 0 Å². The molecule has 18 heavy (non-hydrogen) atoms. The van der Waals surface area contributed by atoms with Crippen LogP contribution in [0.2, 0.25) is 5.02 Å². The van der Waals surface area contributed by atoms with Gasteiger partial charge in [0.25, 0.3) is 0 Å². The molecule has 94 valence electrons. The van der Waals surface area contributed by atoms with E-state index in [1.807, 2.05) is 18.2 Å². The number of aromatic nitrogens is 2. The van der Waals surface area contributed by atoms with Gasteiger partial charge in [0.1, 0.15) is 6.42 Å². The van der Waals surface area contributed by atoms with Crippen molar-refractivity contribution in [3.63, 3.8) is 0 Å². The molecule has 0 aliphatic rings. The Labute approximate surface area is 109 Å². The summed E-state index contributed by atoms with van der Waals surface area (Å²) in [6.07, 6.45) is 0.441. The molecule has 1 aromatic carbocycles. The number of nitrogens with zero attached hydrogens (tertiary/aromatic N) is 2. The predicted octanol–water partition coefficient (Wildman–Crippen LogP) is 2.03. The predicted molar refractivity (Wildman–Crippen MR) is 64.3 cm³/mol. The van der Waals surface area contributed by atoms with E-state index in [4.69, 9.17) is 16.1 Å². The Balaban J connectivity index is 2.07. The van der Waals surface area contributed by atoms with Gasteiger partial charge in [-0.2, -0.15) is 4.98 Å². The zero-order chi connectivity index (χ0) is 13.0. The Kier molecular flexibility index (Phi) is 3.94. The van der Waals surface area contributed by atoms with E-state index in [0.717, 1.165) is 5.56 Å². The summed E-state index contributed by atoms with van der Waals surface area (Å²) in [6, 6.07) is 7.42. The van der Waals surface area contributed by atoms with Gasteiger partial charge in [-0.3, -0.25) is 4.79 Å². The molecule has 0 amide bonds. The summed E-state index contributed by atoms with van der Waals surface area (Å²) < 4.78 is 9.46. The third-order valence-electron chi connectivity index (χ3n) is 2.34. The van der Waals surface area contributed by atoms with Gasteiger partial charge in [-0.25, -0.2) is 0 Å². The molecular formula is C12H11ClN2O3. The smallest absolute Gasteiger partial charge is 0.315 e. The maximum absolute atomic E-state index is 11.0. The number of halogens is 1. The van der Waals surface area contributed by atoms with E-state index in [1.165, 1.54) is 7.11 Å². The van der Waals surface area contributed by atoms with Crippen molar-refractivity contribution in [3.05, 3.63) is 46.6 Å². The van der Waals surface area contributed by atoms with E-state index in [0.29, 0.717) is 17.3 Å². The second-order valence-corrected chi connectivity index (χ2v) is 4.03. The Morgan fingerprint density at radius 2 is 2.22 bits per heavy atom. The van der Waals surface area contributed by atoms with Crippen molar-refractivity contribution in [3.8, 4) is 0 Å². The lowest BCUT2D eigenvalue weighted by Crippen LogP contribution is -2.04. The summed E-state index contributed by atoms with van der Waals surface area (Å²) in [4.78, 5) is 15.1. The van der Waals surface area contributed by atoms with Crippen LogP contribution in [0.15, 0.2) is 28.8 Å². The molecule has 0 aliphatic carbocycles. The van der Waals surface area contributed by atoms with Crippen LogP contribution >= 0.6 is 11.6 Å². The first-order valence-corrected chi connectivity index (χ1v) is 5.68. The van der Waals surface area contributed by atoms with Gasteiger partial charge in [0.15, 0.2) is 5.82 Å². The number of rotatable bonds is 4. The maximum atomic E-state index is 11.0. The SMILES string of the molecule is COC(=O)Cc1nc(Cc2ccccc2Cl)no1. The van der Waals surface area contributed by atoms with Crippen LogP contribution in [-0.4, -0.2) is 23.2 Å². The van der Waals surface area contributed by atoms with Crippen LogP contribution in [0.5, 0.6) is 0 Å². The molecule has 0 bridgehead atoms. The van der Waals surface area contributed by atoms with Crippen molar-refractivity contribution in [2.45, 2.75) is 12.8 Å². The number of methoxy groups -OCH3 is 1. The first-order valence-electron chi connectivity index (χ1n) is 5.30. The van der Waals surface area contributed by atoms with Crippen LogP contribution in [0, 0.1) is 0 Å². The molecule has 0 saturated carbocycles. The van der Waals surface area contributed by atoms with Crippen molar-refractivity contribution >= 4 is 17.6 Å². The van der Waals surface area contributed by atoms with E-state index < -0.39 is 5.97 Å². The maximum Gasteiger partial charge on any atom is 0.315 e. The summed E-state index contributed by atoms with van der Waals surface area (Å²) in [5.41, 5.74) is 0.907. The topological polar surface area (TPSA) is 65.2 Å². The number of carbonyl (C=O) groups excluding carboxylic acids is 1. The number of benzene rings is 1. The van der Waals surface area contributed by atoms with E-state index in [2.05, 4.69) is 14.9 Å². The minimum atomic E-state index is -0.414. The van der Waals surface area contributed by atoms with E-state index >= 15 is 0 Å².